The number of sulfonamides is 1. The molecule has 1 aliphatic rings. The molecule has 0 spiro atoms. The predicted octanol–water partition coefficient (Wildman–Crippen LogP) is 1.28. The lowest BCUT2D eigenvalue weighted by atomic mass is 10.3. The van der Waals surface area contributed by atoms with Crippen molar-refractivity contribution in [3.8, 4) is 0 Å². The Morgan fingerprint density at radius 3 is 2.94 bits per heavy atom. The van der Waals surface area contributed by atoms with Crippen molar-refractivity contribution in [2.45, 2.75) is 24.7 Å². The lowest BCUT2D eigenvalue weighted by molar-refractivity contribution is 0.482. The molecule has 0 amide bonds. The summed E-state index contributed by atoms with van der Waals surface area (Å²) in [5.41, 5.74) is 0.526. The van der Waals surface area contributed by atoms with Gasteiger partial charge in [-0.25, -0.2) is 0 Å². The summed E-state index contributed by atoms with van der Waals surface area (Å²) in [5.74, 6) is 0.363. The Bertz CT molecular complexity index is 568. The highest BCUT2D eigenvalue weighted by Gasteiger charge is 2.26. The van der Waals surface area contributed by atoms with Crippen LogP contribution in [0, 0.1) is 0 Å². The minimum Gasteiger partial charge on any atom is -0.345 e. The van der Waals surface area contributed by atoms with E-state index < -0.39 is 10.0 Å². The number of unbranched alkanes of at least 4 members (excludes halogenated alkanes) is 1. The van der Waals surface area contributed by atoms with E-state index in [0.717, 1.165) is 19.4 Å². The summed E-state index contributed by atoms with van der Waals surface area (Å²) >= 11 is 0. The van der Waals surface area contributed by atoms with Gasteiger partial charge >= 0.3 is 0 Å². The molecule has 0 aromatic carbocycles. The second kappa shape index (κ2) is 4.93. The van der Waals surface area contributed by atoms with Gasteiger partial charge in [0.25, 0.3) is 10.0 Å². The standard InChI is InChI=1S/C11H16N4O2S/c1-3-4-7-15(2)11-13-9-5-6-12-8-10(9)18(16,17)14-11/h5-6,8H,3-4,7H2,1-2H3,(H,13,14). The largest absolute Gasteiger partial charge is 0.345 e. The average molecular weight is 268 g/mol. The zero-order valence-electron chi connectivity index (χ0n) is 10.4. The number of pyridine rings is 1. The number of nitrogens with zero attached hydrogens (tertiary/aromatic N) is 3. The molecular formula is C11H16N4O2S. The van der Waals surface area contributed by atoms with Gasteiger partial charge < -0.3 is 10.2 Å². The van der Waals surface area contributed by atoms with Crippen molar-refractivity contribution in [1.29, 1.82) is 0 Å². The van der Waals surface area contributed by atoms with Crippen molar-refractivity contribution in [2.24, 2.45) is 4.40 Å². The van der Waals surface area contributed by atoms with E-state index in [1.807, 2.05) is 11.9 Å². The summed E-state index contributed by atoms with van der Waals surface area (Å²) in [6.45, 7) is 2.85. The van der Waals surface area contributed by atoms with Crippen LogP contribution >= 0.6 is 0 Å². The number of rotatable bonds is 3. The van der Waals surface area contributed by atoms with Gasteiger partial charge in [-0.15, -0.1) is 4.40 Å². The summed E-state index contributed by atoms with van der Waals surface area (Å²) in [4.78, 5) is 5.74. The summed E-state index contributed by atoms with van der Waals surface area (Å²) in [5, 5.41) is 3.02. The van der Waals surface area contributed by atoms with Crippen molar-refractivity contribution >= 4 is 21.7 Å². The van der Waals surface area contributed by atoms with Crippen LogP contribution in [-0.4, -0.2) is 37.9 Å². The second-order valence-electron chi connectivity index (χ2n) is 4.16. The smallest absolute Gasteiger partial charge is 0.289 e. The van der Waals surface area contributed by atoms with Crippen LogP contribution in [0.2, 0.25) is 0 Å². The molecule has 0 atom stereocenters. The summed E-state index contributed by atoms with van der Waals surface area (Å²) < 4.78 is 27.7. The van der Waals surface area contributed by atoms with Crippen molar-refractivity contribution in [2.75, 3.05) is 18.9 Å². The SMILES string of the molecule is CCCCN(C)C1=NS(=O)(=O)c2cnccc2N1. The summed E-state index contributed by atoms with van der Waals surface area (Å²) in [7, 11) is -1.82. The number of aromatic nitrogens is 1. The number of fused-ring (bicyclic) bond motifs is 1. The van der Waals surface area contributed by atoms with E-state index in [2.05, 4.69) is 21.6 Å². The zero-order valence-corrected chi connectivity index (χ0v) is 11.2. The van der Waals surface area contributed by atoms with Crippen LogP contribution in [0.25, 0.3) is 0 Å². The molecule has 1 aromatic heterocycles. The van der Waals surface area contributed by atoms with Gasteiger partial charge in [0.15, 0.2) is 0 Å². The van der Waals surface area contributed by atoms with Gasteiger partial charge in [0, 0.05) is 26.0 Å². The monoisotopic (exact) mass is 268 g/mol. The molecule has 0 saturated heterocycles. The van der Waals surface area contributed by atoms with E-state index >= 15 is 0 Å². The van der Waals surface area contributed by atoms with Crippen molar-refractivity contribution in [3.63, 3.8) is 0 Å². The third kappa shape index (κ3) is 2.45. The fourth-order valence-corrected chi connectivity index (χ4v) is 2.76. The van der Waals surface area contributed by atoms with E-state index in [9.17, 15) is 8.42 Å². The Morgan fingerprint density at radius 1 is 1.44 bits per heavy atom. The lowest BCUT2D eigenvalue weighted by Crippen LogP contribution is -2.37. The molecule has 7 heteroatoms. The Balaban J connectivity index is 2.31. The Morgan fingerprint density at radius 2 is 2.22 bits per heavy atom. The maximum absolute atomic E-state index is 12.0. The third-order valence-corrected chi connectivity index (χ3v) is 4.02. The molecular weight excluding hydrogens is 252 g/mol. The quantitative estimate of drug-likeness (QED) is 0.894. The van der Waals surface area contributed by atoms with Gasteiger partial charge in [-0.3, -0.25) is 4.98 Å². The Hall–Kier alpha value is -1.63. The zero-order chi connectivity index (χ0) is 13.2. The maximum atomic E-state index is 12.0. The molecule has 98 valence electrons. The van der Waals surface area contributed by atoms with Crippen molar-refractivity contribution < 1.29 is 8.42 Å². The van der Waals surface area contributed by atoms with E-state index in [-0.39, 0.29) is 4.90 Å². The van der Waals surface area contributed by atoms with E-state index in [1.54, 1.807) is 12.3 Å². The van der Waals surface area contributed by atoms with E-state index in [1.165, 1.54) is 6.20 Å². The number of anilines is 1. The fraction of sp³-hybridized carbons (Fsp3) is 0.455. The van der Waals surface area contributed by atoms with Gasteiger partial charge in [-0.2, -0.15) is 8.42 Å². The first kappa shape index (κ1) is 12.8. The molecule has 1 aliphatic heterocycles. The highest BCUT2D eigenvalue weighted by Crippen LogP contribution is 2.26. The number of guanidine groups is 1. The minimum atomic E-state index is -3.64. The maximum Gasteiger partial charge on any atom is 0.289 e. The minimum absolute atomic E-state index is 0.123. The molecule has 0 aliphatic carbocycles. The van der Waals surface area contributed by atoms with Gasteiger partial charge in [0.2, 0.25) is 5.96 Å². The lowest BCUT2D eigenvalue weighted by Gasteiger charge is -2.25. The summed E-state index contributed by atoms with van der Waals surface area (Å²) in [6.07, 6.45) is 4.89. The van der Waals surface area contributed by atoms with Gasteiger partial charge in [-0.05, 0) is 12.5 Å². The molecule has 2 heterocycles. The highest BCUT2D eigenvalue weighted by atomic mass is 32.2. The molecule has 2 rings (SSSR count). The molecule has 0 saturated carbocycles. The third-order valence-electron chi connectivity index (χ3n) is 2.72. The van der Waals surface area contributed by atoms with Crippen LogP contribution in [0.3, 0.4) is 0 Å². The van der Waals surface area contributed by atoms with Crippen LogP contribution in [-0.2, 0) is 10.0 Å². The number of hydrogen-bond donors (Lipinski definition) is 1. The number of nitrogens with one attached hydrogen (secondary N) is 1. The average Bonchev–Trinajstić information content (AvgIpc) is 2.35. The molecule has 0 unspecified atom stereocenters. The van der Waals surface area contributed by atoms with Crippen LogP contribution in [0.5, 0.6) is 0 Å². The van der Waals surface area contributed by atoms with E-state index in [4.69, 9.17) is 0 Å². The number of hydrogen-bond acceptors (Lipinski definition) is 5. The molecule has 6 nitrogen and oxygen atoms in total. The normalized spacial score (nSPS) is 16.4. The first-order chi connectivity index (χ1) is 8.54. The van der Waals surface area contributed by atoms with Crippen LogP contribution < -0.4 is 5.32 Å². The van der Waals surface area contributed by atoms with Crippen LogP contribution in [0.1, 0.15) is 19.8 Å². The molecule has 1 N–H and O–H groups in total. The van der Waals surface area contributed by atoms with Gasteiger partial charge in [0.1, 0.15) is 4.90 Å². The highest BCUT2D eigenvalue weighted by molar-refractivity contribution is 7.90. The van der Waals surface area contributed by atoms with Crippen molar-refractivity contribution in [3.05, 3.63) is 18.5 Å². The molecule has 0 bridgehead atoms. The molecule has 0 fully saturated rings. The second-order valence-corrected chi connectivity index (χ2v) is 5.73. The van der Waals surface area contributed by atoms with Gasteiger partial charge in [0.05, 0.1) is 5.69 Å². The van der Waals surface area contributed by atoms with Crippen LogP contribution in [0.15, 0.2) is 27.8 Å². The Labute approximate surface area is 107 Å². The van der Waals surface area contributed by atoms with Crippen LogP contribution in [0.4, 0.5) is 5.69 Å². The van der Waals surface area contributed by atoms with E-state index in [0.29, 0.717) is 11.6 Å². The fourth-order valence-electron chi connectivity index (χ4n) is 1.66. The molecule has 18 heavy (non-hydrogen) atoms. The topological polar surface area (TPSA) is 74.7 Å². The Kier molecular flexibility index (Phi) is 3.51. The van der Waals surface area contributed by atoms with Gasteiger partial charge in [-0.1, -0.05) is 13.3 Å². The summed E-state index contributed by atoms with van der Waals surface area (Å²) in [6, 6.07) is 1.63. The first-order valence-corrected chi connectivity index (χ1v) is 7.25. The van der Waals surface area contributed by atoms with Crippen molar-refractivity contribution in [1.82, 2.24) is 9.88 Å². The predicted molar refractivity (Wildman–Crippen MR) is 70.0 cm³/mol. The first-order valence-electron chi connectivity index (χ1n) is 5.81. The molecule has 0 radical (unpaired) electrons. The molecule has 1 aromatic rings.